The van der Waals surface area contributed by atoms with E-state index in [2.05, 4.69) is 15.2 Å². The van der Waals surface area contributed by atoms with Crippen molar-refractivity contribution >= 4 is 23.1 Å². The zero-order valence-corrected chi connectivity index (χ0v) is 18.4. The largest absolute Gasteiger partial charge is 0.463 e. The number of aliphatic imine (C=N–C) groups is 1. The number of nitrogens with zero attached hydrogens (tertiary/aromatic N) is 3. The van der Waals surface area contributed by atoms with Crippen LogP contribution in [-0.2, 0) is 14.3 Å². The summed E-state index contributed by atoms with van der Waals surface area (Å²) in [6.45, 7) is 7.22. The second-order valence-corrected chi connectivity index (χ2v) is 8.24. The third kappa shape index (κ3) is 4.84. The number of esters is 1. The predicted octanol–water partition coefficient (Wildman–Crippen LogP) is 2.83. The molecule has 2 aliphatic heterocycles. The normalized spacial score (nSPS) is 19.7. The SMILES string of the molecule is CCOC(=O)C1=C(CN2CCOCC2)NC(c2nccs2)=NC1c1ccc(F)cc1C. The summed E-state index contributed by atoms with van der Waals surface area (Å²) >= 11 is 1.46. The minimum absolute atomic E-state index is 0.255. The van der Waals surface area contributed by atoms with E-state index in [0.29, 0.717) is 31.2 Å². The molecule has 1 N–H and O–H groups in total. The summed E-state index contributed by atoms with van der Waals surface area (Å²) in [5, 5.41) is 5.95. The number of carbonyl (C=O) groups excluding carboxylic acids is 1. The van der Waals surface area contributed by atoms with Gasteiger partial charge in [0.2, 0.25) is 0 Å². The van der Waals surface area contributed by atoms with E-state index in [4.69, 9.17) is 14.5 Å². The molecule has 31 heavy (non-hydrogen) atoms. The van der Waals surface area contributed by atoms with Gasteiger partial charge in [0, 0.05) is 36.9 Å². The number of nitrogens with one attached hydrogen (secondary N) is 1. The average Bonchev–Trinajstić information content (AvgIpc) is 3.29. The van der Waals surface area contributed by atoms with Gasteiger partial charge in [0.05, 0.1) is 25.4 Å². The number of hydrogen-bond acceptors (Lipinski definition) is 8. The fourth-order valence-electron chi connectivity index (χ4n) is 3.77. The van der Waals surface area contributed by atoms with Crippen LogP contribution >= 0.6 is 11.3 Å². The van der Waals surface area contributed by atoms with Crippen LogP contribution in [0.4, 0.5) is 4.39 Å². The first-order chi connectivity index (χ1) is 15.1. The van der Waals surface area contributed by atoms with E-state index in [-0.39, 0.29) is 12.4 Å². The first-order valence-electron chi connectivity index (χ1n) is 10.3. The molecule has 4 rings (SSSR count). The molecule has 2 aliphatic rings. The van der Waals surface area contributed by atoms with Gasteiger partial charge in [-0.15, -0.1) is 11.3 Å². The number of aryl methyl sites for hydroxylation is 1. The molecule has 0 aliphatic carbocycles. The van der Waals surface area contributed by atoms with Crippen molar-refractivity contribution < 1.29 is 18.7 Å². The monoisotopic (exact) mass is 444 g/mol. The summed E-state index contributed by atoms with van der Waals surface area (Å²) in [6.07, 6.45) is 1.72. The summed E-state index contributed by atoms with van der Waals surface area (Å²) in [4.78, 5) is 24.5. The van der Waals surface area contributed by atoms with Crippen LogP contribution in [0.2, 0.25) is 0 Å². The number of halogens is 1. The topological polar surface area (TPSA) is 76.0 Å². The predicted molar refractivity (Wildman–Crippen MR) is 117 cm³/mol. The van der Waals surface area contributed by atoms with Crippen LogP contribution in [0, 0.1) is 12.7 Å². The molecule has 1 aromatic carbocycles. The van der Waals surface area contributed by atoms with Crippen molar-refractivity contribution in [1.29, 1.82) is 0 Å². The van der Waals surface area contributed by atoms with Crippen LogP contribution in [0.5, 0.6) is 0 Å². The maximum absolute atomic E-state index is 13.8. The van der Waals surface area contributed by atoms with Crippen molar-refractivity contribution in [1.82, 2.24) is 15.2 Å². The molecule has 0 radical (unpaired) electrons. The summed E-state index contributed by atoms with van der Waals surface area (Å²) in [6, 6.07) is 3.93. The van der Waals surface area contributed by atoms with Gasteiger partial charge < -0.3 is 14.8 Å². The minimum Gasteiger partial charge on any atom is -0.463 e. The minimum atomic E-state index is -0.615. The Morgan fingerprint density at radius 3 is 2.87 bits per heavy atom. The maximum Gasteiger partial charge on any atom is 0.338 e. The molecular weight excluding hydrogens is 419 g/mol. The number of hydrogen-bond donors (Lipinski definition) is 1. The lowest BCUT2D eigenvalue weighted by atomic mass is 9.92. The van der Waals surface area contributed by atoms with Crippen molar-refractivity contribution in [2.24, 2.45) is 4.99 Å². The molecular formula is C22H25FN4O3S. The van der Waals surface area contributed by atoms with Gasteiger partial charge in [0.15, 0.2) is 10.8 Å². The fraction of sp³-hybridized carbons (Fsp3) is 0.409. The van der Waals surface area contributed by atoms with Crippen LogP contribution in [0.1, 0.15) is 29.1 Å². The first kappa shape index (κ1) is 21.6. The Hall–Kier alpha value is -2.62. The number of carbonyl (C=O) groups is 1. The number of morpholine rings is 1. The lowest BCUT2D eigenvalue weighted by molar-refractivity contribution is -0.139. The van der Waals surface area contributed by atoms with Crippen LogP contribution in [-0.4, -0.2) is 61.1 Å². The van der Waals surface area contributed by atoms with Crippen molar-refractivity contribution in [3.8, 4) is 0 Å². The Kier molecular flexibility index (Phi) is 6.74. The van der Waals surface area contributed by atoms with E-state index in [1.54, 1.807) is 19.2 Å². The van der Waals surface area contributed by atoms with Crippen molar-refractivity contribution in [3.05, 3.63) is 63.0 Å². The Morgan fingerprint density at radius 2 is 2.19 bits per heavy atom. The van der Waals surface area contributed by atoms with Gasteiger partial charge in [-0.3, -0.25) is 9.89 Å². The first-order valence-corrected chi connectivity index (χ1v) is 11.2. The van der Waals surface area contributed by atoms with Crippen LogP contribution in [0.3, 0.4) is 0 Å². The van der Waals surface area contributed by atoms with Crippen LogP contribution in [0.25, 0.3) is 0 Å². The molecule has 9 heteroatoms. The zero-order chi connectivity index (χ0) is 21.8. The summed E-state index contributed by atoms with van der Waals surface area (Å²) in [5.41, 5.74) is 2.67. The van der Waals surface area contributed by atoms with E-state index in [9.17, 15) is 9.18 Å². The van der Waals surface area contributed by atoms with E-state index < -0.39 is 12.0 Å². The van der Waals surface area contributed by atoms with Gasteiger partial charge >= 0.3 is 5.97 Å². The van der Waals surface area contributed by atoms with Gasteiger partial charge in [-0.1, -0.05) is 6.07 Å². The molecule has 3 heterocycles. The van der Waals surface area contributed by atoms with Gasteiger partial charge in [0.1, 0.15) is 11.9 Å². The average molecular weight is 445 g/mol. The van der Waals surface area contributed by atoms with E-state index in [0.717, 1.165) is 34.9 Å². The van der Waals surface area contributed by atoms with E-state index >= 15 is 0 Å². The summed E-state index contributed by atoms with van der Waals surface area (Å²) in [5.74, 6) is -0.150. The van der Waals surface area contributed by atoms with Gasteiger partial charge in [-0.25, -0.2) is 14.2 Å². The highest BCUT2D eigenvalue weighted by Gasteiger charge is 2.34. The molecule has 1 saturated heterocycles. The second-order valence-electron chi connectivity index (χ2n) is 7.34. The molecule has 1 unspecified atom stereocenters. The summed E-state index contributed by atoms with van der Waals surface area (Å²) in [7, 11) is 0. The molecule has 0 saturated carbocycles. The molecule has 1 atom stereocenters. The third-order valence-corrected chi connectivity index (χ3v) is 6.05. The van der Waals surface area contributed by atoms with E-state index in [1.165, 1.54) is 23.5 Å². The number of benzene rings is 1. The van der Waals surface area contributed by atoms with Crippen molar-refractivity contribution in [2.75, 3.05) is 39.5 Å². The zero-order valence-electron chi connectivity index (χ0n) is 17.6. The highest BCUT2D eigenvalue weighted by molar-refractivity contribution is 7.11. The summed E-state index contributed by atoms with van der Waals surface area (Å²) < 4.78 is 24.7. The van der Waals surface area contributed by atoms with Crippen molar-refractivity contribution in [2.45, 2.75) is 19.9 Å². The van der Waals surface area contributed by atoms with Gasteiger partial charge in [-0.2, -0.15) is 0 Å². The number of amidine groups is 1. The van der Waals surface area contributed by atoms with Crippen LogP contribution in [0.15, 0.2) is 46.0 Å². The molecule has 7 nitrogen and oxygen atoms in total. The highest BCUT2D eigenvalue weighted by Crippen LogP contribution is 2.35. The number of rotatable bonds is 6. The highest BCUT2D eigenvalue weighted by atomic mass is 32.1. The Morgan fingerprint density at radius 1 is 1.39 bits per heavy atom. The number of ether oxygens (including phenoxy) is 2. The second kappa shape index (κ2) is 9.67. The number of thiazole rings is 1. The lowest BCUT2D eigenvalue weighted by Crippen LogP contribution is -2.43. The smallest absolute Gasteiger partial charge is 0.338 e. The quantitative estimate of drug-likeness (QED) is 0.691. The molecule has 1 fully saturated rings. The van der Waals surface area contributed by atoms with Crippen molar-refractivity contribution in [3.63, 3.8) is 0 Å². The molecule has 0 bridgehead atoms. The molecule has 1 aromatic heterocycles. The number of aromatic nitrogens is 1. The van der Waals surface area contributed by atoms with Gasteiger partial charge in [-0.05, 0) is 37.1 Å². The van der Waals surface area contributed by atoms with Crippen LogP contribution < -0.4 is 5.32 Å². The fourth-order valence-corrected chi connectivity index (χ4v) is 4.36. The standard InChI is InChI=1S/C22H25FN4O3S/c1-3-30-22(28)18-17(13-27-7-9-29-10-8-27)25-20(21-24-6-11-31-21)26-19(18)16-5-4-15(23)12-14(16)2/h4-6,11-12,19H,3,7-10,13H2,1-2H3,(H,25,26). The van der Waals surface area contributed by atoms with Gasteiger partial charge in [0.25, 0.3) is 0 Å². The lowest BCUT2D eigenvalue weighted by Gasteiger charge is -2.32. The molecule has 0 spiro atoms. The Balaban J connectivity index is 1.81. The molecule has 0 amide bonds. The maximum atomic E-state index is 13.8. The Labute approximate surface area is 184 Å². The molecule has 164 valence electrons. The molecule has 2 aromatic rings. The van der Waals surface area contributed by atoms with E-state index in [1.807, 2.05) is 12.3 Å². The third-order valence-electron chi connectivity index (χ3n) is 5.27. The Bertz CT molecular complexity index is 1000.